The van der Waals surface area contributed by atoms with E-state index in [0.29, 0.717) is 0 Å². The Bertz CT molecular complexity index is 294. The number of carbonyl (C=O) groups excluding carboxylic acids is 1. The number of halogens is 1. The van der Waals surface area contributed by atoms with Crippen LogP contribution >= 0.6 is 11.6 Å². The van der Waals surface area contributed by atoms with Gasteiger partial charge in [0.15, 0.2) is 11.0 Å². The number of nitrogens with zero attached hydrogens (tertiary/aromatic N) is 2. The van der Waals surface area contributed by atoms with E-state index in [1.165, 1.54) is 13.3 Å². The second-order valence-corrected chi connectivity index (χ2v) is 2.46. The van der Waals surface area contributed by atoms with E-state index in [0.717, 1.165) is 0 Å². The van der Waals surface area contributed by atoms with Gasteiger partial charge in [-0.25, -0.2) is 9.97 Å². The molecule has 0 unspecified atom stereocenters. The topological polar surface area (TPSA) is 80.9 Å². The summed E-state index contributed by atoms with van der Waals surface area (Å²) < 4.78 is 0. The van der Waals surface area contributed by atoms with Crippen molar-refractivity contribution in [3.63, 3.8) is 0 Å². The summed E-state index contributed by atoms with van der Waals surface area (Å²) in [7, 11) is 0. The van der Waals surface area contributed by atoms with Gasteiger partial charge >= 0.3 is 0 Å². The molecule has 64 valence electrons. The zero-order valence-electron chi connectivity index (χ0n) is 6.34. The Balaban J connectivity index is 3.04. The maximum Gasteiger partial charge on any atom is 0.221 e. The minimum atomic E-state index is -0.265. The molecule has 0 aromatic carbocycles. The van der Waals surface area contributed by atoms with Crippen molar-refractivity contribution >= 4 is 29.0 Å². The predicted octanol–water partition coefficient (Wildman–Crippen LogP) is 0.671. The summed E-state index contributed by atoms with van der Waals surface area (Å²) in [6, 6.07) is 0. The molecule has 1 heterocycles. The molecule has 3 N–H and O–H groups in total. The molecule has 5 nitrogen and oxygen atoms in total. The average Bonchev–Trinajstić information content (AvgIpc) is 1.97. The summed E-state index contributed by atoms with van der Waals surface area (Å²) in [4.78, 5) is 17.9. The van der Waals surface area contributed by atoms with Crippen molar-refractivity contribution in [2.24, 2.45) is 0 Å². The maximum atomic E-state index is 10.6. The van der Waals surface area contributed by atoms with Gasteiger partial charge < -0.3 is 11.1 Å². The van der Waals surface area contributed by atoms with E-state index in [2.05, 4.69) is 15.3 Å². The number of nitrogens with two attached hydrogens (primary N) is 1. The van der Waals surface area contributed by atoms with Crippen LogP contribution < -0.4 is 11.1 Å². The molecule has 0 aliphatic rings. The minimum absolute atomic E-state index is 0.137. The van der Waals surface area contributed by atoms with Crippen LogP contribution in [-0.2, 0) is 4.79 Å². The van der Waals surface area contributed by atoms with E-state index in [-0.39, 0.29) is 22.6 Å². The third-order valence-corrected chi connectivity index (χ3v) is 1.42. The summed E-state index contributed by atoms with van der Waals surface area (Å²) in [6.45, 7) is 1.35. The van der Waals surface area contributed by atoms with Gasteiger partial charge in [-0.3, -0.25) is 4.79 Å². The first-order valence-corrected chi connectivity index (χ1v) is 3.52. The molecular formula is C6H7ClN4O. The molecule has 0 radical (unpaired) electrons. The van der Waals surface area contributed by atoms with Gasteiger partial charge in [0.1, 0.15) is 12.0 Å². The van der Waals surface area contributed by atoms with Crippen molar-refractivity contribution in [2.75, 3.05) is 11.1 Å². The van der Waals surface area contributed by atoms with Gasteiger partial charge in [0.05, 0.1) is 0 Å². The molecular weight excluding hydrogens is 180 g/mol. The number of anilines is 2. The number of amides is 1. The van der Waals surface area contributed by atoms with E-state index >= 15 is 0 Å². The first-order chi connectivity index (χ1) is 5.61. The average molecular weight is 187 g/mol. The lowest BCUT2D eigenvalue weighted by Gasteiger charge is -2.04. The Kier molecular flexibility index (Phi) is 2.44. The van der Waals surface area contributed by atoms with Crippen LogP contribution in [0.4, 0.5) is 11.5 Å². The third kappa shape index (κ3) is 1.82. The first-order valence-electron chi connectivity index (χ1n) is 3.15. The number of rotatable bonds is 1. The Hall–Kier alpha value is -1.36. The summed E-state index contributed by atoms with van der Waals surface area (Å²) in [5, 5.41) is 2.56. The molecule has 0 fully saturated rings. The second-order valence-electron chi connectivity index (χ2n) is 2.11. The van der Waals surface area contributed by atoms with Crippen LogP contribution in [0.3, 0.4) is 0 Å². The van der Waals surface area contributed by atoms with E-state index in [9.17, 15) is 4.79 Å². The Morgan fingerprint density at radius 1 is 1.67 bits per heavy atom. The molecule has 0 aliphatic heterocycles. The minimum Gasteiger partial charge on any atom is -0.382 e. The maximum absolute atomic E-state index is 10.6. The highest BCUT2D eigenvalue weighted by Crippen LogP contribution is 2.22. The van der Waals surface area contributed by atoms with Gasteiger partial charge in [-0.1, -0.05) is 11.6 Å². The molecule has 0 bridgehead atoms. The largest absolute Gasteiger partial charge is 0.382 e. The van der Waals surface area contributed by atoms with Crippen molar-refractivity contribution in [3.8, 4) is 0 Å². The molecule has 0 spiro atoms. The van der Waals surface area contributed by atoms with Crippen LogP contribution in [0.1, 0.15) is 6.92 Å². The lowest BCUT2D eigenvalue weighted by atomic mass is 10.4. The fourth-order valence-corrected chi connectivity index (χ4v) is 0.856. The van der Waals surface area contributed by atoms with E-state index in [1.54, 1.807) is 0 Å². The molecule has 0 saturated carbocycles. The summed E-state index contributed by atoms with van der Waals surface area (Å²) in [6.07, 6.45) is 1.23. The second kappa shape index (κ2) is 3.36. The van der Waals surface area contributed by atoms with Gasteiger partial charge in [0.2, 0.25) is 5.91 Å². The van der Waals surface area contributed by atoms with E-state index in [1.807, 2.05) is 0 Å². The summed E-state index contributed by atoms with van der Waals surface area (Å²) in [5.41, 5.74) is 5.68. The number of hydrogen-bond acceptors (Lipinski definition) is 4. The van der Waals surface area contributed by atoms with Crippen LogP contribution in [0.2, 0.25) is 5.15 Å². The molecule has 1 aromatic heterocycles. The van der Waals surface area contributed by atoms with Crippen molar-refractivity contribution in [2.45, 2.75) is 6.92 Å². The van der Waals surface area contributed by atoms with Crippen LogP contribution in [0.25, 0.3) is 0 Å². The normalized spacial score (nSPS) is 9.50. The highest BCUT2D eigenvalue weighted by atomic mass is 35.5. The van der Waals surface area contributed by atoms with Gasteiger partial charge in [0.25, 0.3) is 0 Å². The number of aromatic nitrogens is 2. The smallest absolute Gasteiger partial charge is 0.221 e. The number of hydrogen-bond donors (Lipinski definition) is 2. The highest BCUT2D eigenvalue weighted by Gasteiger charge is 2.07. The van der Waals surface area contributed by atoms with Gasteiger partial charge in [0, 0.05) is 6.92 Å². The molecule has 1 amide bonds. The quantitative estimate of drug-likeness (QED) is 0.632. The highest BCUT2D eigenvalue weighted by molar-refractivity contribution is 6.33. The zero-order chi connectivity index (χ0) is 9.14. The Morgan fingerprint density at radius 2 is 2.33 bits per heavy atom. The van der Waals surface area contributed by atoms with Crippen LogP contribution in [0, 0.1) is 0 Å². The fourth-order valence-electron chi connectivity index (χ4n) is 0.668. The van der Waals surface area contributed by atoms with Crippen molar-refractivity contribution in [3.05, 3.63) is 11.5 Å². The fraction of sp³-hybridized carbons (Fsp3) is 0.167. The van der Waals surface area contributed by atoms with E-state index < -0.39 is 0 Å². The monoisotopic (exact) mass is 186 g/mol. The summed E-state index contributed by atoms with van der Waals surface area (Å²) >= 11 is 5.63. The number of carbonyl (C=O) groups is 1. The molecule has 0 aliphatic carbocycles. The standard InChI is InChI=1S/C6H7ClN4O/c1-3(12)11-4-5(7)9-2-10-6(4)8/h2H,1H3,(H,11,12)(H2,8,9,10). The Labute approximate surface area is 74.0 Å². The lowest BCUT2D eigenvalue weighted by molar-refractivity contribution is -0.114. The first kappa shape index (κ1) is 8.73. The lowest BCUT2D eigenvalue weighted by Crippen LogP contribution is -2.10. The predicted molar refractivity (Wildman–Crippen MR) is 45.8 cm³/mol. The van der Waals surface area contributed by atoms with Crippen LogP contribution in [0.5, 0.6) is 0 Å². The Morgan fingerprint density at radius 3 is 2.83 bits per heavy atom. The number of nitrogens with one attached hydrogen (secondary N) is 1. The van der Waals surface area contributed by atoms with Crippen molar-refractivity contribution in [1.29, 1.82) is 0 Å². The van der Waals surface area contributed by atoms with Gasteiger partial charge in [-0.15, -0.1) is 0 Å². The van der Waals surface area contributed by atoms with Crippen molar-refractivity contribution in [1.82, 2.24) is 9.97 Å². The van der Waals surface area contributed by atoms with Crippen LogP contribution in [0.15, 0.2) is 6.33 Å². The SMILES string of the molecule is CC(=O)Nc1c(N)ncnc1Cl. The molecule has 1 rings (SSSR count). The van der Waals surface area contributed by atoms with Crippen molar-refractivity contribution < 1.29 is 4.79 Å². The van der Waals surface area contributed by atoms with Crippen LogP contribution in [-0.4, -0.2) is 15.9 Å². The third-order valence-electron chi connectivity index (χ3n) is 1.13. The molecule has 6 heteroatoms. The van der Waals surface area contributed by atoms with Gasteiger partial charge in [-0.05, 0) is 0 Å². The van der Waals surface area contributed by atoms with E-state index in [4.69, 9.17) is 17.3 Å². The molecule has 12 heavy (non-hydrogen) atoms. The zero-order valence-corrected chi connectivity index (χ0v) is 7.09. The molecule has 1 aromatic rings. The van der Waals surface area contributed by atoms with Gasteiger partial charge in [-0.2, -0.15) is 0 Å². The number of nitrogen functional groups attached to an aromatic ring is 1. The molecule has 0 saturated heterocycles. The molecule has 0 atom stereocenters. The summed E-state index contributed by atoms with van der Waals surface area (Å²) in [5.74, 6) is -0.108.